The first kappa shape index (κ1) is 22.8. The minimum absolute atomic E-state index is 0.0720. The van der Waals surface area contributed by atoms with Crippen molar-refractivity contribution in [1.29, 1.82) is 5.26 Å². The molecular formula is C24H27ClN4O2. The summed E-state index contributed by atoms with van der Waals surface area (Å²) in [5.74, 6) is 0.400. The molecule has 1 saturated carbocycles. The number of rotatable bonds is 6. The molecule has 1 heterocycles. The van der Waals surface area contributed by atoms with Crippen LogP contribution in [0.5, 0.6) is 5.75 Å². The van der Waals surface area contributed by atoms with Crippen molar-refractivity contribution in [3.8, 4) is 11.8 Å². The molecule has 1 amide bonds. The van der Waals surface area contributed by atoms with Crippen LogP contribution < -0.4 is 10.1 Å². The highest BCUT2D eigenvalue weighted by molar-refractivity contribution is 6.31. The Morgan fingerprint density at radius 1 is 1.26 bits per heavy atom. The average molecular weight is 439 g/mol. The predicted molar refractivity (Wildman–Crippen MR) is 120 cm³/mol. The summed E-state index contributed by atoms with van der Waals surface area (Å²) in [6.07, 6.45) is 1.61. The van der Waals surface area contributed by atoms with Gasteiger partial charge in [-0.2, -0.15) is 10.4 Å². The van der Waals surface area contributed by atoms with Gasteiger partial charge in [-0.15, -0.1) is 11.7 Å². The van der Waals surface area contributed by atoms with Crippen LogP contribution in [0.4, 0.5) is 0 Å². The van der Waals surface area contributed by atoms with Gasteiger partial charge in [-0.3, -0.25) is 4.79 Å². The molecule has 1 fully saturated rings. The van der Waals surface area contributed by atoms with Crippen LogP contribution >= 0.6 is 11.6 Å². The third-order valence-electron chi connectivity index (χ3n) is 6.17. The summed E-state index contributed by atoms with van der Waals surface area (Å²) in [5, 5.41) is 20.7. The molecule has 1 aromatic carbocycles. The van der Waals surface area contributed by atoms with Gasteiger partial charge in [-0.25, -0.2) is 0 Å². The molecule has 1 aliphatic rings. The van der Waals surface area contributed by atoms with Gasteiger partial charge < -0.3 is 10.1 Å². The van der Waals surface area contributed by atoms with Gasteiger partial charge in [-0.1, -0.05) is 52.3 Å². The second-order valence-corrected chi connectivity index (χ2v) is 9.58. The molecule has 0 spiro atoms. The molecule has 6 nitrogen and oxygen atoms in total. The minimum atomic E-state index is -0.343. The zero-order chi connectivity index (χ0) is 23.0. The summed E-state index contributed by atoms with van der Waals surface area (Å²) >= 11 is 6.14. The fraction of sp³-hybridized carbons (Fsp3) is 0.417. The SMILES string of the molecule is C=CC(C)c1ccc(C(=O)NC2C(C)(C)C(Oc3ccc(C#N)c(Cl)c3)C2(C)C)nn1. The molecule has 0 saturated heterocycles. The second-order valence-electron chi connectivity index (χ2n) is 9.17. The van der Waals surface area contributed by atoms with Gasteiger partial charge in [0.2, 0.25) is 0 Å². The largest absolute Gasteiger partial charge is 0.489 e. The lowest BCUT2D eigenvalue weighted by Crippen LogP contribution is -2.74. The Bertz CT molecular complexity index is 1020. The zero-order valence-corrected chi connectivity index (χ0v) is 19.2. The predicted octanol–water partition coefficient (Wildman–Crippen LogP) is 4.90. The Balaban J connectivity index is 1.73. The van der Waals surface area contributed by atoms with E-state index in [1.807, 2.05) is 13.0 Å². The second kappa shape index (κ2) is 8.32. The van der Waals surface area contributed by atoms with Crippen molar-refractivity contribution in [1.82, 2.24) is 15.5 Å². The van der Waals surface area contributed by atoms with Gasteiger partial charge in [0.1, 0.15) is 17.9 Å². The van der Waals surface area contributed by atoms with Crippen molar-refractivity contribution < 1.29 is 9.53 Å². The van der Waals surface area contributed by atoms with E-state index in [4.69, 9.17) is 21.6 Å². The lowest BCUT2D eigenvalue weighted by molar-refractivity contribution is -0.164. The summed E-state index contributed by atoms with van der Waals surface area (Å²) in [5.41, 5.74) is 0.760. The van der Waals surface area contributed by atoms with Crippen LogP contribution in [0.2, 0.25) is 5.02 Å². The van der Waals surface area contributed by atoms with Crippen LogP contribution in [-0.4, -0.2) is 28.3 Å². The maximum Gasteiger partial charge on any atom is 0.272 e. The zero-order valence-electron chi connectivity index (χ0n) is 18.4. The number of nitriles is 1. The number of amides is 1. The van der Waals surface area contributed by atoms with Crippen LogP contribution in [0.25, 0.3) is 0 Å². The highest BCUT2D eigenvalue weighted by Crippen LogP contribution is 2.55. The first-order chi connectivity index (χ1) is 14.5. The summed E-state index contributed by atoms with van der Waals surface area (Å²) in [7, 11) is 0. The molecule has 162 valence electrons. The van der Waals surface area contributed by atoms with Crippen LogP contribution in [0.15, 0.2) is 43.0 Å². The van der Waals surface area contributed by atoms with Crippen LogP contribution in [0.3, 0.4) is 0 Å². The molecule has 2 aromatic rings. The number of hydrogen-bond donors (Lipinski definition) is 1. The number of nitrogens with one attached hydrogen (secondary N) is 1. The van der Waals surface area contributed by atoms with E-state index in [2.05, 4.69) is 49.8 Å². The Labute approximate surface area is 188 Å². The molecule has 0 bridgehead atoms. The fourth-order valence-electron chi connectivity index (χ4n) is 4.63. The highest BCUT2D eigenvalue weighted by Gasteiger charge is 2.64. The van der Waals surface area contributed by atoms with Gasteiger partial charge in [0, 0.05) is 28.9 Å². The number of aromatic nitrogens is 2. The van der Waals surface area contributed by atoms with Gasteiger partial charge >= 0.3 is 0 Å². The third kappa shape index (κ3) is 4.15. The Morgan fingerprint density at radius 2 is 1.94 bits per heavy atom. The van der Waals surface area contributed by atoms with E-state index in [-0.39, 0.29) is 40.5 Å². The first-order valence-electron chi connectivity index (χ1n) is 10.2. The Kier molecular flexibility index (Phi) is 6.11. The van der Waals surface area contributed by atoms with Gasteiger partial charge in [0.05, 0.1) is 16.3 Å². The Hall–Kier alpha value is -2.91. The lowest BCUT2D eigenvalue weighted by Gasteiger charge is -2.63. The van der Waals surface area contributed by atoms with Crippen molar-refractivity contribution in [2.24, 2.45) is 10.8 Å². The molecule has 1 atom stereocenters. The summed E-state index contributed by atoms with van der Waals surface area (Å²) in [4.78, 5) is 12.8. The number of hydrogen-bond acceptors (Lipinski definition) is 5. The smallest absolute Gasteiger partial charge is 0.272 e. The van der Waals surface area contributed by atoms with Crippen molar-refractivity contribution in [3.63, 3.8) is 0 Å². The molecule has 3 rings (SSSR count). The van der Waals surface area contributed by atoms with E-state index in [1.54, 1.807) is 36.4 Å². The highest BCUT2D eigenvalue weighted by atomic mass is 35.5. The number of benzene rings is 1. The lowest BCUT2D eigenvalue weighted by atomic mass is 9.49. The van der Waals surface area contributed by atoms with Crippen LogP contribution in [-0.2, 0) is 0 Å². The molecule has 1 N–H and O–H groups in total. The molecule has 31 heavy (non-hydrogen) atoms. The monoisotopic (exact) mass is 438 g/mol. The molecule has 1 aliphatic carbocycles. The summed E-state index contributed by atoms with van der Waals surface area (Å²) < 4.78 is 6.25. The van der Waals surface area contributed by atoms with E-state index in [9.17, 15) is 4.79 Å². The molecule has 7 heteroatoms. The van der Waals surface area contributed by atoms with Crippen LogP contribution in [0, 0.1) is 22.2 Å². The average Bonchev–Trinajstić information content (AvgIpc) is 2.74. The van der Waals surface area contributed by atoms with Crippen LogP contribution in [0.1, 0.15) is 62.3 Å². The van der Waals surface area contributed by atoms with E-state index in [1.165, 1.54) is 0 Å². The van der Waals surface area contributed by atoms with Crippen molar-refractivity contribution in [2.75, 3.05) is 0 Å². The van der Waals surface area contributed by atoms with E-state index in [0.717, 1.165) is 5.69 Å². The third-order valence-corrected chi connectivity index (χ3v) is 6.48. The normalized spacial score (nSPS) is 21.8. The van der Waals surface area contributed by atoms with E-state index < -0.39 is 0 Å². The molecule has 0 aliphatic heterocycles. The number of ether oxygens (including phenoxy) is 1. The topological polar surface area (TPSA) is 87.9 Å². The number of halogens is 1. The number of carbonyl (C=O) groups excluding carboxylic acids is 1. The van der Waals surface area contributed by atoms with Gasteiger partial charge in [0.15, 0.2) is 5.69 Å². The van der Waals surface area contributed by atoms with E-state index in [0.29, 0.717) is 16.3 Å². The van der Waals surface area contributed by atoms with Gasteiger partial charge in [0.25, 0.3) is 5.91 Å². The Morgan fingerprint density at radius 3 is 2.45 bits per heavy atom. The molecule has 1 unspecified atom stereocenters. The van der Waals surface area contributed by atoms with Crippen molar-refractivity contribution in [3.05, 3.63) is 65.0 Å². The van der Waals surface area contributed by atoms with Gasteiger partial charge in [-0.05, 0) is 24.3 Å². The quantitative estimate of drug-likeness (QED) is 0.648. The maximum absolute atomic E-state index is 12.8. The molecule has 1 aromatic heterocycles. The summed E-state index contributed by atoms with van der Waals surface area (Å²) in [6, 6.07) is 10.4. The number of allylic oxidation sites excluding steroid dienone is 1. The number of nitrogens with zero attached hydrogens (tertiary/aromatic N) is 3. The first-order valence-corrected chi connectivity index (χ1v) is 10.5. The number of carbonyl (C=O) groups is 1. The van der Waals surface area contributed by atoms with Crippen molar-refractivity contribution in [2.45, 2.75) is 52.7 Å². The molecular weight excluding hydrogens is 412 g/mol. The fourth-order valence-corrected chi connectivity index (χ4v) is 4.84. The standard InChI is InChI=1S/C24H27ClN4O2/c1-7-14(2)18-10-11-19(29-28-18)20(30)27-21-23(3,4)22(24(21,5)6)31-16-9-8-15(13-26)17(25)12-16/h7-12,14,21-22H,1H2,2-6H3,(H,27,30). The van der Waals surface area contributed by atoms with E-state index >= 15 is 0 Å². The minimum Gasteiger partial charge on any atom is -0.489 e. The summed E-state index contributed by atoms with van der Waals surface area (Å²) in [6.45, 7) is 13.9. The molecule has 0 radical (unpaired) electrons. The van der Waals surface area contributed by atoms with Crippen molar-refractivity contribution >= 4 is 17.5 Å². The maximum atomic E-state index is 12.8.